The maximum absolute atomic E-state index is 12.1. The van der Waals surface area contributed by atoms with Crippen LogP contribution in [0.3, 0.4) is 0 Å². The van der Waals surface area contributed by atoms with E-state index in [0.717, 1.165) is 5.56 Å². The molecule has 0 aliphatic heterocycles. The number of rotatable bonds is 6. The van der Waals surface area contributed by atoms with E-state index in [1.54, 1.807) is 57.7 Å². The Bertz CT molecular complexity index is 726. The maximum atomic E-state index is 12.1. The van der Waals surface area contributed by atoms with Gasteiger partial charge in [-0.05, 0) is 42.0 Å². The topological polar surface area (TPSA) is 76.7 Å². The molecule has 2 aromatic rings. The molecule has 0 saturated carbocycles. The third-order valence-corrected chi connectivity index (χ3v) is 3.47. The second-order valence-electron chi connectivity index (χ2n) is 5.07. The van der Waals surface area contributed by atoms with E-state index in [0.29, 0.717) is 22.7 Å². The Morgan fingerprint density at radius 3 is 2.21 bits per heavy atom. The van der Waals surface area contributed by atoms with Gasteiger partial charge in [-0.15, -0.1) is 0 Å². The summed E-state index contributed by atoms with van der Waals surface area (Å²) in [6.07, 6.45) is 0.206. The monoisotopic (exact) mass is 328 g/mol. The van der Waals surface area contributed by atoms with Crippen LogP contribution < -0.4 is 20.1 Å². The molecular formula is C18H20N2O4. The first-order chi connectivity index (χ1) is 11.6. The van der Waals surface area contributed by atoms with Crippen LogP contribution in [0.1, 0.15) is 15.9 Å². The normalized spacial score (nSPS) is 9.96. The van der Waals surface area contributed by atoms with E-state index in [-0.39, 0.29) is 18.2 Å². The van der Waals surface area contributed by atoms with Gasteiger partial charge in [0.2, 0.25) is 5.91 Å². The van der Waals surface area contributed by atoms with Gasteiger partial charge in [-0.2, -0.15) is 0 Å². The van der Waals surface area contributed by atoms with Crippen LogP contribution in [0, 0.1) is 0 Å². The number of nitrogens with one attached hydrogen (secondary N) is 2. The molecule has 0 fully saturated rings. The second kappa shape index (κ2) is 8.01. The second-order valence-corrected chi connectivity index (χ2v) is 5.07. The fourth-order valence-electron chi connectivity index (χ4n) is 2.23. The van der Waals surface area contributed by atoms with Crippen molar-refractivity contribution in [3.63, 3.8) is 0 Å². The van der Waals surface area contributed by atoms with E-state index in [4.69, 9.17) is 9.47 Å². The number of carbonyl (C=O) groups is 2. The van der Waals surface area contributed by atoms with Crippen LogP contribution in [0.2, 0.25) is 0 Å². The fourth-order valence-corrected chi connectivity index (χ4v) is 2.23. The molecule has 126 valence electrons. The summed E-state index contributed by atoms with van der Waals surface area (Å²) in [6, 6.07) is 12.0. The molecule has 2 rings (SSSR count). The van der Waals surface area contributed by atoms with Gasteiger partial charge in [0.1, 0.15) is 0 Å². The Balaban J connectivity index is 2.01. The van der Waals surface area contributed by atoms with Crippen molar-refractivity contribution in [2.24, 2.45) is 0 Å². The molecule has 0 bridgehead atoms. The lowest BCUT2D eigenvalue weighted by Gasteiger charge is -2.10. The van der Waals surface area contributed by atoms with Gasteiger partial charge in [0.15, 0.2) is 11.5 Å². The van der Waals surface area contributed by atoms with E-state index in [9.17, 15) is 9.59 Å². The van der Waals surface area contributed by atoms with Gasteiger partial charge < -0.3 is 20.1 Å². The van der Waals surface area contributed by atoms with Crippen LogP contribution in [0.5, 0.6) is 11.5 Å². The number of hydrogen-bond acceptors (Lipinski definition) is 4. The molecule has 0 aliphatic rings. The number of ether oxygens (including phenoxy) is 2. The van der Waals surface area contributed by atoms with Crippen LogP contribution in [-0.2, 0) is 11.2 Å². The van der Waals surface area contributed by atoms with Gasteiger partial charge in [0, 0.05) is 18.3 Å². The Morgan fingerprint density at radius 2 is 1.62 bits per heavy atom. The Kier molecular flexibility index (Phi) is 5.78. The average molecular weight is 328 g/mol. The maximum Gasteiger partial charge on any atom is 0.251 e. The standard InChI is InChI=1S/C18H20N2O4/c1-19-18(22)13-5-7-14(8-6-13)20-17(21)11-12-4-9-15(23-2)16(10-12)24-3/h4-10H,11H2,1-3H3,(H,19,22)(H,20,21). The minimum atomic E-state index is -0.168. The molecule has 0 radical (unpaired) electrons. The van der Waals surface area contributed by atoms with Crippen molar-refractivity contribution in [1.82, 2.24) is 5.32 Å². The molecule has 24 heavy (non-hydrogen) atoms. The summed E-state index contributed by atoms with van der Waals surface area (Å²) in [5.74, 6) is 0.872. The lowest BCUT2D eigenvalue weighted by atomic mass is 10.1. The molecule has 0 aliphatic carbocycles. The predicted molar refractivity (Wildman–Crippen MR) is 91.7 cm³/mol. The van der Waals surface area contributed by atoms with E-state index in [1.807, 2.05) is 6.07 Å². The number of methoxy groups -OCH3 is 2. The lowest BCUT2D eigenvalue weighted by molar-refractivity contribution is -0.115. The van der Waals surface area contributed by atoms with E-state index < -0.39 is 0 Å². The SMILES string of the molecule is CNC(=O)c1ccc(NC(=O)Cc2ccc(OC)c(OC)c2)cc1. The minimum Gasteiger partial charge on any atom is -0.493 e. The zero-order valence-electron chi connectivity index (χ0n) is 13.9. The molecule has 0 atom stereocenters. The molecule has 2 N–H and O–H groups in total. The average Bonchev–Trinajstić information content (AvgIpc) is 2.61. The smallest absolute Gasteiger partial charge is 0.251 e. The molecule has 2 aromatic carbocycles. The molecule has 0 spiro atoms. The van der Waals surface area contributed by atoms with Gasteiger partial charge in [-0.3, -0.25) is 9.59 Å². The molecule has 6 nitrogen and oxygen atoms in total. The van der Waals surface area contributed by atoms with Crippen molar-refractivity contribution in [2.75, 3.05) is 26.6 Å². The molecule has 0 heterocycles. The largest absolute Gasteiger partial charge is 0.493 e. The molecule has 0 saturated heterocycles. The van der Waals surface area contributed by atoms with Gasteiger partial charge in [-0.1, -0.05) is 6.07 Å². The quantitative estimate of drug-likeness (QED) is 0.853. The molecule has 6 heteroatoms. The fraction of sp³-hybridized carbons (Fsp3) is 0.222. The zero-order chi connectivity index (χ0) is 17.5. The Hall–Kier alpha value is -3.02. The summed E-state index contributed by atoms with van der Waals surface area (Å²) >= 11 is 0. The Labute approximate surface area is 140 Å². The molecular weight excluding hydrogens is 308 g/mol. The first-order valence-electron chi connectivity index (χ1n) is 7.40. The Morgan fingerprint density at radius 1 is 0.958 bits per heavy atom. The van der Waals surface area contributed by atoms with Gasteiger partial charge in [0.05, 0.1) is 20.6 Å². The van der Waals surface area contributed by atoms with Crippen LogP contribution in [0.15, 0.2) is 42.5 Å². The summed E-state index contributed by atoms with van der Waals surface area (Å²) in [5.41, 5.74) is 1.98. The van der Waals surface area contributed by atoms with Crippen LogP contribution >= 0.6 is 0 Å². The van der Waals surface area contributed by atoms with Crippen molar-refractivity contribution in [3.8, 4) is 11.5 Å². The van der Waals surface area contributed by atoms with Crippen LogP contribution in [0.4, 0.5) is 5.69 Å². The number of carbonyl (C=O) groups excluding carboxylic acids is 2. The predicted octanol–water partition coefficient (Wildman–Crippen LogP) is 2.24. The first-order valence-corrected chi connectivity index (χ1v) is 7.40. The van der Waals surface area contributed by atoms with E-state index in [2.05, 4.69) is 10.6 Å². The number of anilines is 1. The van der Waals surface area contributed by atoms with E-state index in [1.165, 1.54) is 0 Å². The summed E-state index contributed by atoms with van der Waals surface area (Å²) in [6.45, 7) is 0. The third-order valence-electron chi connectivity index (χ3n) is 3.47. The third kappa shape index (κ3) is 4.25. The van der Waals surface area contributed by atoms with Crippen molar-refractivity contribution in [1.29, 1.82) is 0 Å². The van der Waals surface area contributed by atoms with Gasteiger partial charge in [-0.25, -0.2) is 0 Å². The van der Waals surface area contributed by atoms with E-state index >= 15 is 0 Å². The first kappa shape index (κ1) is 17.3. The van der Waals surface area contributed by atoms with Crippen molar-refractivity contribution in [2.45, 2.75) is 6.42 Å². The molecule has 0 aromatic heterocycles. The summed E-state index contributed by atoms with van der Waals surface area (Å²) in [7, 11) is 4.68. The summed E-state index contributed by atoms with van der Waals surface area (Å²) < 4.78 is 10.4. The van der Waals surface area contributed by atoms with Crippen LogP contribution in [-0.4, -0.2) is 33.1 Å². The minimum absolute atomic E-state index is 0.157. The van der Waals surface area contributed by atoms with Crippen LogP contribution in [0.25, 0.3) is 0 Å². The zero-order valence-corrected chi connectivity index (χ0v) is 13.9. The number of benzene rings is 2. The van der Waals surface area contributed by atoms with Crippen molar-refractivity contribution < 1.29 is 19.1 Å². The molecule has 2 amide bonds. The highest BCUT2D eigenvalue weighted by molar-refractivity contribution is 5.96. The van der Waals surface area contributed by atoms with Crippen molar-refractivity contribution >= 4 is 17.5 Å². The summed E-state index contributed by atoms with van der Waals surface area (Å²) in [4.78, 5) is 23.6. The summed E-state index contributed by atoms with van der Waals surface area (Å²) in [5, 5.41) is 5.34. The highest BCUT2D eigenvalue weighted by Crippen LogP contribution is 2.27. The highest BCUT2D eigenvalue weighted by Gasteiger charge is 2.09. The number of amides is 2. The van der Waals surface area contributed by atoms with Gasteiger partial charge >= 0.3 is 0 Å². The highest BCUT2D eigenvalue weighted by atomic mass is 16.5. The van der Waals surface area contributed by atoms with Crippen molar-refractivity contribution in [3.05, 3.63) is 53.6 Å². The number of hydrogen-bond donors (Lipinski definition) is 2. The molecule has 0 unspecified atom stereocenters. The van der Waals surface area contributed by atoms with Gasteiger partial charge in [0.25, 0.3) is 5.91 Å². The lowest BCUT2D eigenvalue weighted by Crippen LogP contribution is -2.18.